The highest BCUT2D eigenvalue weighted by molar-refractivity contribution is 5.91. The highest BCUT2D eigenvalue weighted by Crippen LogP contribution is 2.26. The Balaban J connectivity index is 2.57. The number of hydrogen-bond acceptors (Lipinski definition) is 3. The first-order chi connectivity index (χ1) is 10.4. The number of benzene rings is 1. The molecule has 0 saturated heterocycles. The van der Waals surface area contributed by atoms with E-state index in [1.165, 1.54) is 0 Å². The predicted octanol–water partition coefficient (Wildman–Crippen LogP) is 3.79. The molecule has 0 unspecified atom stereocenters. The largest absolute Gasteiger partial charge is 0.452 e. The summed E-state index contributed by atoms with van der Waals surface area (Å²) in [5, 5.41) is 2.93. The summed E-state index contributed by atoms with van der Waals surface area (Å²) in [4.78, 5) is 24.1. The van der Waals surface area contributed by atoms with Gasteiger partial charge in [0.15, 0.2) is 6.61 Å². The molecule has 0 aromatic heterocycles. The summed E-state index contributed by atoms with van der Waals surface area (Å²) < 4.78 is 5.12. The van der Waals surface area contributed by atoms with Crippen LogP contribution in [-0.4, -0.2) is 24.0 Å². The second kappa shape index (κ2) is 7.16. The molecule has 0 fully saturated rings. The second-order valence-corrected chi connectivity index (χ2v) is 8.12. The van der Waals surface area contributed by atoms with Gasteiger partial charge < -0.3 is 10.1 Å². The third-order valence-electron chi connectivity index (χ3n) is 3.24. The van der Waals surface area contributed by atoms with Crippen molar-refractivity contribution in [2.45, 2.75) is 60.4 Å². The first-order valence-corrected chi connectivity index (χ1v) is 7.94. The Labute approximate surface area is 139 Å². The summed E-state index contributed by atoms with van der Waals surface area (Å²) in [5.41, 5.74) is 2.22. The van der Waals surface area contributed by atoms with E-state index in [9.17, 15) is 9.59 Å². The number of carbonyl (C=O) groups is 2. The van der Waals surface area contributed by atoms with Gasteiger partial charge in [-0.1, -0.05) is 38.0 Å². The van der Waals surface area contributed by atoms with Crippen molar-refractivity contribution in [2.24, 2.45) is 5.41 Å². The van der Waals surface area contributed by atoms with Gasteiger partial charge in [-0.15, -0.1) is 0 Å². The fourth-order valence-electron chi connectivity index (χ4n) is 3.09. The average Bonchev–Trinajstić information content (AvgIpc) is 2.30. The molecule has 1 amide bonds. The molecule has 1 rings (SSSR count). The molecule has 0 aliphatic rings. The second-order valence-electron chi connectivity index (χ2n) is 8.12. The zero-order valence-corrected chi connectivity index (χ0v) is 15.4. The van der Waals surface area contributed by atoms with Crippen LogP contribution in [0.15, 0.2) is 18.2 Å². The van der Waals surface area contributed by atoms with E-state index >= 15 is 0 Å². The minimum atomic E-state index is -0.472. The molecule has 0 aliphatic heterocycles. The molecular formula is C19H29NO3. The van der Waals surface area contributed by atoms with E-state index in [-0.39, 0.29) is 23.5 Å². The minimum Gasteiger partial charge on any atom is -0.452 e. The Morgan fingerprint density at radius 1 is 1.00 bits per heavy atom. The summed E-state index contributed by atoms with van der Waals surface area (Å²) in [5.74, 6) is -0.752. The number of nitrogens with one attached hydrogen (secondary N) is 1. The van der Waals surface area contributed by atoms with Crippen molar-refractivity contribution in [1.29, 1.82) is 0 Å². The molecule has 0 spiro atoms. The van der Waals surface area contributed by atoms with Crippen LogP contribution in [0.4, 0.5) is 0 Å². The number of rotatable bonds is 5. The van der Waals surface area contributed by atoms with Gasteiger partial charge >= 0.3 is 5.97 Å². The summed E-state index contributed by atoms with van der Waals surface area (Å²) in [6.45, 7) is 13.9. The number of aryl methyl sites for hydroxylation is 2. The lowest BCUT2D eigenvalue weighted by Crippen LogP contribution is -2.47. The van der Waals surface area contributed by atoms with E-state index in [0.29, 0.717) is 5.56 Å². The third-order valence-corrected chi connectivity index (χ3v) is 3.24. The maximum Gasteiger partial charge on any atom is 0.338 e. The van der Waals surface area contributed by atoms with Crippen molar-refractivity contribution in [3.8, 4) is 0 Å². The van der Waals surface area contributed by atoms with Crippen LogP contribution in [0, 0.1) is 19.3 Å². The van der Waals surface area contributed by atoms with Gasteiger partial charge in [0, 0.05) is 5.54 Å². The topological polar surface area (TPSA) is 55.4 Å². The summed E-state index contributed by atoms with van der Waals surface area (Å²) in [6, 6.07) is 5.51. The molecule has 0 heterocycles. The molecule has 128 valence electrons. The molecule has 1 aromatic rings. The number of ether oxygens (including phenoxy) is 1. The van der Waals surface area contributed by atoms with E-state index < -0.39 is 5.97 Å². The highest BCUT2D eigenvalue weighted by atomic mass is 16.5. The Kier molecular flexibility index (Phi) is 5.98. The van der Waals surface area contributed by atoms with Crippen molar-refractivity contribution in [3.05, 3.63) is 34.9 Å². The quantitative estimate of drug-likeness (QED) is 0.840. The SMILES string of the molecule is Cc1cc(C)cc(C(=O)OCC(=O)NC(C)(C)CC(C)(C)C)c1. The van der Waals surface area contributed by atoms with Gasteiger partial charge in [-0.2, -0.15) is 0 Å². The number of amides is 1. The van der Waals surface area contributed by atoms with Crippen LogP contribution in [0.5, 0.6) is 0 Å². The fourth-order valence-corrected chi connectivity index (χ4v) is 3.09. The lowest BCUT2D eigenvalue weighted by Gasteiger charge is -2.33. The zero-order valence-electron chi connectivity index (χ0n) is 15.4. The third kappa shape index (κ3) is 7.31. The molecule has 23 heavy (non-hydrogen) atoms. The van der Waals surface area contributed by atoms with E-state index in [1.54, 1.807) is 12.1 Å². The first-order valence-electron chi connectivity index (χ1n) is 7.94. The van der Waals surface area contributed by atoms with Gasteiger partial charge in [-0.3, -0.25) is 4.79 Å². The first kappa shape index (κ1) is 19.2. The van der Waals surface area contributed by atoms with Gasteiger partial charge in [0.1, 0.15) is 0 Å². The van der Waals surface area contributed by atoms with Crippen molar-refractivity contribution in [1.82, 2.24) is 5.32 Å². The van der Waals surface area contributed by atoms with Crippen LogP contribution in [0.25, 0.3) is 0 Å². The lowest BCUT2D eigenvalue weighted by molar-refractivity contribution is -0.126. The smallest absolute Gasteiger partial charge is 0.338 e. The molecule has 0 bridgehead atoms. The number of esters is 1. The Morgan fingerprint density at radius 2 is 1.52 bits per heavy atom. The molecule has 1 aromatic carbocycles. The molecule has 0 aliphatic carbocycles. The summed E-state index contributed by atoms with van der Waals surface area (Å²) >= 11 is 0. The van der Waals surface area contributed by atoms with Crippen LogP contribution >= 0.6 is 0 Å². The Bertz CT molecular complexity index is 563. The molecule has 0 radical (unpaired) electrons. The number of carbonyl (C=O) groups excluding carboxylic acids is 2. The molecule has 4 nitrogen and oxygen atoms in total. The van der Waals surface area contributed by atoms with Crippen LogP contribution < -0.4 is 5.32 Å². The van der Waals surface area contributed by atoms with E-state index in [0.717, 1.165) is 17.5 Å². The average molecular weight is 319 g/mol. The maximum absolute atomic E-state index is 12.0. The van der Waals surface area contributed by atoms with Crippen LogP contribution in [0.3, 0.4) is 0 Å². The molecule has 0 saturated carbocycles. The Morgan fingerprint density at radius 3 is 2.00 bits per heavy atom. The normalized spacial score (nSPS) is 12.0. The molecule has 1 N–H and O–H groups in total. The zero-order chi connectivity index (χ0) is 17.8. The van der Waals surface area contributed by atoms with Gasteiger partial charge in [-0.25, -0.2) is 4.79 Å². The minimum absolute atomic E-state index is 0.104. The predicted molar refractivity (Wildman–Crippen MR) is 92.5 cm³/mol. The van der Waals surface area contributed by atoms with Gasteiger partial charge in [0.25, 0.3) is 5.91 Å². The monoisotopic (exact) mass is 319 g/mol. The fraction of sp³-hybridized carbons (Fsp3) is 0.579. The van der Waals surface area contributed by atoms with Crippen molar-refractivity contribution in [2.75, 3.05) is 6.61 Å². The summed E-state index contributed by atoms with van der Waals surface area (Å²) in [7, 11) is 0. The highest BCUT2D eigenvalue weighted by Gasteiger charge is 2.27. The van der Waals surface area contributed by atoms with Gasteiger partial charge in [0.05, 0.1) is 5.56 Å². The van der Waals surface area contributed by atoms with Crippen LogP contribution in [0.2, 0.25) is 0 Å². The summed E-state index contributed by atoms with van der Waals surface area (Å²) in [6.07, 6.45) is 0.830. The maximum atomic E-state index is 12.0. The van der Waals surface area contributed by atoms with Crippen LogP contribution in [-0.2, 0) is 9.53 Å². The lowest BCUT2D eigenvalue weighted by atomic mass is 9.82. The van der Waals surface area contributed by atoms with E-state index in [1.807, 2.05) is 33.8 Å². The van der Waals surface area contributed by atoms with E-state index in [2.05, 4.69) is 26.1 Å². The van der Waals surface area contributed by atoms with E-state index in [4.69, 9.17) is 4.74 Å². The van der Waals surface area contributed by atoms with Crippen molar-refractivity contribution < 1.29 is 14.3 Å². The van der Waals surface area contributed by atoms with Crippen LogP contribution in [0.1, 0.15) is 62.5 Å². The standard InChI is InChI=1S/C19H29NO3/c1-13-8-14(2)10-15(9-13)17(22)23-11-16(21)20-19(6,7)12-18(3,4)5/h8-10H,11-12H2,1-7H3,(H,20,21). The van der Waals surface area contributed by atoms with Crippen molar-refractivity contribution in [3.63, 3.8) is 0 Å². The van der Waals surface area contributed by atoms with Gasteiger partial charge in [-0.05, 0) is 51.7 Å². The molecule has 0 atom stereocenters. The molecular weight excluding hydrogens is 290 g/mol. The molecule has 4 heteroatoms. The Hall–Kier alpha value is -1.84. The van der Waals surface area contributed by atoms with Crippen molar-refractivity contribution >= 4 is 11.9 Å². The van der Waals surface area contributed by atoms with Gasteiger partial charge in [0.2, 0.25) is 0 Å². The number of hydrogen-bond donors (Lipinski definition) is 1.